The van der Waals surface area contributed by atoms with Crippen LogP contribution in [0.5, 0.6) is 0 Å². The molecule has 0 radical (unpaired) electrons. The molecule has 2 aliphatic heterocycles. The molecule has 0 aromatic carbocycles. The summed E-state index contributed by atoms with van der Waals surface area (Å²) in [4.78, 5) is 28.5. The van der Waals surface area contributed by atoms with E-state index in [4.69, 9.17) is 0 Å². The number of nitrogens with zero attached hydrogens (tertiary/aromatic N) is 4. The fourth-order valence-corrected chi connectivity index (χ4v) is 6.19. The molecule has 13 heteroatoms. The Labute approximate surface area is 178 Å². The van der Waals surface area contributed by atoms with Crippen LogP contribution in [0, 0.1) is 5.92 Å². The van der Waals surface area contributed by atoms with Crippen LogP contribution >= 0.6 is 0 Å². The van der Waals surface area contributed by atoms with Crippen LogP contribution in [0.1, 0.15) is 20.3 Å². The van der Waals surface area contributed by atoms with E-state index in [1.165, 1.54) is 13.5 Å². The fraction of sp³-hybridized carbons (Fsp3) is 0.882. The molecule has 0 saturated carbocycles. The van der Waals surface area contributed by atoms with Gasteiger partial charge >= 0.3 is 0 Å². The second kappa shape index (κ2) is 9.90. The largest absolute Gasteiger partial charge is 0.396 e. The molecule has 0 aromatic rings. The molecule has 2 rings (SSSR count). The molecule has 2 amide bonds. The first-order valence-corrected chi connectivity index (χ1v) is 13.5. The summed E-state index contributed by atoms with van der Waals surface area (Å²) in [5, 5.41) is 9.39. The average molecular weight is 469 g/mol. The van der Waals surface area contributed by atoms with Gasteiger partial charge in [0.15, 0.2) is 0 Å². The van der Waals surface area contributed by atoms with Gasteiger partial charge in [-0.25, -0.2) is 25.4 Å². The predicted octanol–water partition coefficient (Wildman–Crippen LogP) is -2.03. The van der Waals surface area contributed by atoms with Gasteiger partial charge < -0.3 is 14.9 Å². The van der Waals surface area contributed by atoms with Gasteiger partial charge in [-0.1, -0.05) is 13.8 Å². The summed E-state index contributed by atoms with van der Waals surface area (Å²) >= 11 is 0. The van der Waals surface area contributed by atoms with E-state index < -0.39 is 43.7 Å². The van der Waals surface area contributed by atoms with E-state index in [2.05, 4.69) is 0 Å². The van der Waals surface area contributed by atoms with Gasteiger partial charge in [0.1, 0.15) is 5.75 Å². The Morgan fingerprint density at radius 2 is 1.63 bits per heavy atom. The summed E-state index contributed by atoms with van der Waals surface area (Å²) in [6.45, 7) is 4.61. The minimum Gasteiger partial charge on any atom is -0.396 e. The molecule has 0 spiro atoms. The maximum atomic E-state index is 12.8. The van der Waals surface area contributed by atoms with Crippen LogP contribution in [-0.4, -0.2) is 123 Å². The molecular formula is C17H32N4O7S2. The highest BCUT2D eigenvalue weighted by Crippen LogP contribution is 2.24. The van der Waals surface area contributed by atoms with Gasteiger partial charge in [0.2, 0.25) is 31.9 Å². The summed E-state index contributed by atoms with van der Waals surface area (Å²) in [5.74, 6) is -1.79. The molecule has 2 saturated heterocycles. The molecule has 0 bridgehead atoms. The number of amides is 2. The molecule has 174 valence electrons. The number of carbonyl (C=O) groups excluding carboxylic acids is 2. The van der Waals surface area contributed by atoms with E-state index in [1.807, 2.05) is 0 Å². The lowest BCUT2D eigenvalue weighted by atomic mass is 9.98. The fourth-order valence-electron chi connectivity index (χ4n) is 3.82. The van der Waals surface area contributed by atoms with Gasteiger partial charge in [-0.15, -0.1) is 0 Å². The van der Waals surface area contributed by atoms with Crippen molar-refractivity contribution >= 4 is 31.9 Å². The zero-order valence-electron chi connectivity index (χ0n) is 17.7. The highest BCUT2D eigenvalue weighted by molar-refractivity contribution is 7.89. The lowest BCUT2D eigenvalue weighted by molar-refractivity contribution is -0.148. The normalized spacial score (nSPS) is 21.7. The topological polar surface area (TPSA) is 136 Å². The molecule has 2 fully saturated rings. The van der Waals surface area contributed by atoms with Crippen LogP contribution in [0.4, 0.5) is 0 Å². The lowest BCUT2D eigenvalue weighted by Gasteiger charge is -2.45. The van der Waals surface area contributed by atoms with E-state index >= 15 is 0 Å². The Bertz CT molecular complexity index is 836. The smallest absolute Gasteiger partial charge is 0.239 e. The Kier molecular flexibility index (Phi) is 8.24. The second-order valence-electron chi connectivity index (χ2n) is 7.65. The second-order valence-corrected chi connectivity index (χ2v) is 11.6. The van der Waals surface area contributed by atoms with Gasteiger partial charge in [0, 0.05) is 52.4 Å². The summed E-state index contributed by atoms with van der Waals surface area (Å²) in [7, 11) is -7.04. The molecular weight excluding hydrogens is 436 g/mol. The van der Waals surface area contributed by atoms with E-state index in [0.717, 1.165) is 6.26 Å². The zero-order valence-corrected chi connectivity index (χ0v) is 19.4. The average Bonchev–Trinajstić information content (AvgIpc) is 2.59. The van der Waals surface area contributed by atoms with Crippen LogP contribution in [0.2, 0.25) is 0 Å². The van der Waals surface area contributed by atoms with Crippen molar-refractivity contribution in [1.82, 2.24) is 18.4 Å². The number of rotatable bonds is 9. The minimum absolute atomic E-state index is 0.130. The van der Waals surface area contributed by atoms with Crippen molar-refractivity contribution in [3.05, 3.63) is 0 Å². The summed E-state index contributed by atoms with van der Waals surface area (Å²) in [6, 6.07) is -0.441. The quantitative estimate of drug-likeness (QED) is 0.412. The third-order valence-corrected chi connectivity index (χ3v) is 8.80. The Morgan fingerprint density at radius 1 is 1.03 bits per heavy atom. The molecule has 0 aromatic heterocycles. The van der Waals surface area contributed by atoms with Crippen molar-refractivity contribution in [2.24, 2.45) is 5.92 Å². The molecule has 2 heterocycles. The van der Waals surface area contributed by atoms with Gasteiger partial charge in [0.05, 0.1) is 18.2 Å². The van der Waals surface area contributed by atoms with E-state index in [1.54, 1.807) is 18.7 Å². The number of aliphatic hydroxyl groups is 1. The number of hydrogen-bond donors (Lipinski definition) is 1. The lowest BCUT2D eigenvalue weighted by Crippen LogP contribution is -2.62. The summed E-state index contributed by atoms with van der Waals surface area (Å²) in [5.41, 5.74) is 0. The van der Waals surface area contributed by atoms with Crippen LogP contribution in [-0.2, 0) is 29.6 Å². The Balaban J connectivity index is 2.01. The maximum Gasteiger partial charge on any atom is 0.239 e. The first-order valence-electron chi connectivity index (χ1n) is 10.1. The number of sulfonamides is 2. The molecule has 0 aliphatic carbocycles. The van der Waals surface area contributed by atoms with Crippen molar-refractivity contribution in [2.45, 2.75) is 26.3 Å². The van der Waals surface area contributed by atoms with E-state index in [0.29, 0.717) is 0 Å². The molecule has 30 heavy (non-hydrogen) atoms. The first kappa shape index (κ1) is 25.0. The Morgan fingerprint density at radius 3 is 2.13 bits per heavy atom. The number of carbonyl (C=O) groups is 2. The van der Waals surface area contributed by atoms with Crippen LogP contribution in [0.25, 0.3) is 0 Å². The molecule has 11 nitrogen and oxygen atoms in total. The molecule has 1 N–H and O–H groups in total. The van der Waals surface area contributed by atoms with Gasteiger partial charge in [-0.2, -0.15) is 0 Å². The van der Waals surface area contributed by atoms with Gasteiger partial charge in [-0.3, -0.25) is 9.59 Å². The third kappa shape index (κ3) is 5.69. The maximum absolute atomic E-state index is 12.8. The SMILES string of the molecule is CCN(CC)S(=O)(=O)CC(=O)N1CCN(C(=O)C2CN(S(C)(=O)=O)C2)C(CCO)C1. The highest BCUT2D eigenvalue weighted by atomic mass is 32.2. The molecule has 1 atom stereocenters. The van der Waals surface area contributed by atoms with Crippen LogP contribution in [0.15, 0.2) is 0 Å². The monoisotopic (exact) mass is 468 g/mol. The van der Waals surface area contributed by atoms with E-state index in [9.17, 15) is 31.5 Å². The van der Waals surface area contributed by atoms with Gasteiger partial charge in [-0.05, 0) is 6.42 Å². The summed E-state index contributed by atoms with van der Waals surface area (Å²) < 4.78 is 50.3. The van der Waals surface area contributed by atoms with Crippen molar-refractivity contribution in [1.29, 1.82) is 0 Å². The molecule has 2 aliphatic rings. The third-order valence-electron chi connectivity index (χ3n) is 5.65. The molecule has 1 unspecified atom stereocenters. The number of piperazine rings is 1. The van der Waals surface area contributed by atoms with E-state index in [-0.39, 0.29) is 64.7 Å². The van der Waals surface area contributed by atoms with Crippen molar-refractivity contribution < 1.29 is 31.5 Å². The van der Waals surface area contributed by atoms with Gasteiger partial charge in [0.25, 0.3) is 0 Å². The van der Waals surface area contributed by atoms with Crippen molar-refractivity contribution in [3.8, 4) is 0 Å². The highest BCUT2D eigenvalue weighted by Gasteiger charge is 2.43. The zero-order chi connectivity index (χ0) is 22.7. The Hall–Kier alpha value is -1.28. The minimum atomic E-state index is -3.71. The number of hydrogen-bond acceptors (Lipinski definition) is 7. The first-order chi connectivity index (χ1) is 13.9. The summed E-state index contributed by atoms with van der Waals surface area (Å²) in [6.07, 6.45) is 1.35. The number of aliphatic hydroxyl groups excluding tert-OH is 1. The van der Waals surface area contributed by atoms with Crippen molar-refractivity contribution in [2.75, 3.05) is 64.4 Å². The predicted molar refractivity (Wildman–Crippen MR) is 110 cm³/mol. The van der Waals surface area contributed by atoms with Crippen LogP contribution in [0.3, 0.4) is 0 Å². The van der Waals surface area contributed by atoms with Crippen molar-refractivity contribution in [3.63, 3.8) is 0 Å². The standard InChI is InChI=1S/C17H32N4O7S2/c1-4-19(5-2)30(27,28)13-16(23)18-7-8-21(15(12-18)6-9-22)17(24)14-10-20(11-14)29(3,25)26/h14-15,22H,4-13H2,1-3H3. The van der Waals surface area contributed by atoms with Crippen LogP contribution < -0.4 is 0 Å².